The Bertz CT molecular complexity index is 1350. The van der Waals surface area contributed by atoms with Crippen molar-refractivity contribution in [3.63, 3.8) is 0 Å². The average molecular weight is 590 g/mol. The molecule has 1 aliphatic heterocycles. The predicted octanol–water partition coefficient (Wildman–Crippen LogP) is 3.99. The molecular formula is C34H47N5O4. The number of aromatic amines is 1. The van der Waals surface area contributed by atoms with Crippen molar-refractivity contribution >= 4 is 28.5 Å². The maximum Gasteiger partial charge on any atom is 0.242 e. The van der Waals surface area contributed by atoms with Gasteiger partial charge in [0.25, 0.3) is 0 Å². The third-order valence-corrected chi connectivity index (χ3v) is 8.28. The lowest BCUT2D eigenvalue weighted by molar-refractivity contribution is -0.129. The Hall–Kier alpha value is -3.69. The molecule has 43 heavy (non-hydrogen) atoms. The molecule has 0 spiro atoms. The summed E-state index contributed by atoms with van der Waals surface area (Å²) in [5, 5.41) is 7.03. The fraction of sp³-hybridized carbons (Fsp3) is 0.500. The summed E-state index contributed by atoms with van der Waals surface area (Å²) in [5.74, 6) is 0.563. The van der Waals surface area contributed by atoms with Crippen molar-refractivity contribution in [1.29, 1.82) is 0 Å². The number of H-pyrrole nitrogens is 1. The number of carbonyl (C=O) groups is 3. The number of piperazine rings is 1. The quantitative estimate of drug-likeness (QED) is 0.218. The first-order valence-electron chi connectivity index (χ1n) is 15.5. The predicted molar refractivity (Wildman–Crippen MR) is 170 cm³/mol. The molecule has 4 rings (SSSR count). The van der Waals surface area contributed by atoms with Crippen LogP contribution >= 0.6 is 0 Å². The fourth-order valence-electron chi connectivity index (χ4n) is 5.76. The van der Waals surface area contributed by atoms with E-state index in [2.05, 4.69) is 49.7 Å². The molecule has 2 aromatic carbocycles. The van der Waals surface area contributed by atoms with E-state index in [1.54, 1.807) is 14.0 Å². The number of amides is 2. The topological polar surface area (TPSA) is 107 Å². The van der Waals surface area contributed by atoms with Crippen molar-refractivity contribution in [2.45, 2.75) is 65.0 Å². The third kappa shape index (κ3) is 9.93. The summed E-state index contributed by atoms with van der Waals surface area (Å²) in [6.07, 6.45) is 3.65. The molecule has 0 bridgehead atoms. The van der Waals surface area contributed by atoms with Gasteiger partial charge in [-0.25, -0.2) is 0 Å². The van der Waals surface area contributed by atoms with Gasteiger partial charge in [-0.15, -0.1) is 0 Å². The van der Waals surface area contributed by atoms with Gasteiger partial charge in [0.05, 0.1) is 13.5 Å². The molecule has 1 atom stereocenters. The maximum absolute atomic E-state index is 13.3. The van der Waals surface area contributed by atoms with Crippen molar-refractivity contribution in [2.24, 2.45) is 0 Å². The lowest BCUT2D eigenvalue weighted by atomic mass is 10.0. The van der Waals surface area contributed by atoms with Gasteiger partial charge in [-0.2, -0.15) is 0 Å². The second kappa shape index (κ2) is 16.2. The number of nitrogens with one attached hydrogen (secondary N) is 3. The molecule has 0 unspecified atom stereocenters. The van der Waals surface area contributed by atoms with E-state index in [-0.39, 0.29) is 24.0 Å². The number of hydrogen-bond donors (Lipinski definition) is 3. The zero-order valence-corrected chi connectivity index (χ0v) is 25.9. The number of hydrogen-bond acceptors (Lipinski definition) is 6. The molecule has 1 fully saturated rings. The standard InChI is InChI=1S/C34H47N5O4/c1-25(40)10-6-4-9-13-32(37-33(41)23-29-26(2)36-31-15-14-28(43-3)22-30(29)31)34(42)35-16-17-38-18-20-39(21-19-38)24-27-11-7-5-8-12-27/h5,7-8,11-12,14-15,22,32,36H,4,6,9-10,13,16-21,23-24H2,1-3H3,(H,35,42)(H,37,41)/t32-/m0/s1. The van der Waals surface area contributed by atoms with Gasteiger partial charge < -0.3 is 25.1 Å². The Kier molecular flexibility index (Phi) is 12.2. The lowest BCUT2D eigenvalue weighted by Crippen LogP contribution is -2.50. The molecule has 3 aromatic rings. The highest BCUT2D eigenvalue weighted by molar-refractivity contribution is 5.93. The number of aromatic nitrogens is 1. The van der Waals surface area contributed by atoms with Crippen molar-refractivity contribution in [3.05, 3.63) is 65.4 Å². The molecule has 3 N–H and O–H groups in total. The van der Waals surface area contributed by atoms with Crippen LogP contribution in [0.4, 0.5) is 0 Å². The highest BCUT2D eigenvalue weighted by atomic mass is 16.5. The highest BCUT2D eigenvalue weighted by Crippen LogP contribution is 2.27. The van der Waals surface area contributed by atoms with Crippen LogP contribution in [0.2, 0.25) is 0 Å². The van der Waals surface area contributed by atoms with Gasteiger partial charge in [-0.3, -0.25) is 19.4 Å². The summed E-state index contributed by atoms with van der Waals surface area (Å²) in [7, 11) is 1.62. The SMILES string of the molecule is COc1ccc2[nH]c(C)c(CC(=O)N[C@@H](CCCCCC(C)=O)C(=O)NCCN3CCN(Cc4ccccc4)CC3)c2c1. The molecule has 0 radical (unpaired) electrons. The molecule has 9 nitrogen and oxygen atoms in total. The smallest absolute Gasteiger partial charge is 0.242 e. The van der Waals surface area contributed by atoms with Gasteiger partial charge >= 0.3 is 0 Å². The molecule has 2 amide bonds. The number of fused-ring (bicyclic) bond motifs is 1. The zero-order chi connectivity index (χ0) is 30.6. The van der Waals surface area contributed by atoms with Crippen LogP contribution in [-0.4, -0.2) is 84.8 Å². The van der Waals surface area contributed by atoms with Gasteiger partial charge in [0.15, 0.2) is 0 Å². The summed E-state index contributed by atoms with van der Waals surface area (Å²) < 4.78 is 5.38. The van der Waals surface area contributed by atoms with Crippen LogP contribution in [0.5, 0.6) is 5.75 Å². The van der Waals surface area contributed by atoms with Crippen LogP contribution in [0.3, 0.4) is 0 Å². The first-order chi connectivity index (χ1) is 20.8. The van der Waals surface area contributed by atoms with Crippen LogP contribution in [0.15, 0.2) is 48.5 Å². The van der Waals surface area contributed by atoms with Crippen molar-refractivity contribution in [2.75, 3.05) is 46.4 Å². The van der Waals surface area contributed by atoms with Crippen LogP contribution in [-0.2, 0) is 27.3 Å². The van der Waals surface area contributed by atoms with E-state index in [9.17, 15) is 14.4 Å². The maximum atomic E-state index is 13.3. The van der Waals surface area contributed by atoms with E-state index in [0.29, 0.717) is 19.4 Å². The summed E-state index contributed by atoms with van der Waals surface area (Å²) in [6, 6.07) is 15.7. The first kappa shape index (κ1) is 32.2. The Balaban J connectivity index is 1.28. The summed E-state index contributed by atoms with van der Waals surface area (Å²) in [4.78, 5) is 46.0. The largest absolute Gasteiger partial charge is 0.497 e. The number of nitrogens with zero attached hydrogens (tertiary/aromatic N) is 2. The van der Waals surface area contributed by atoms with Gasteiger partial charge in [0.2, 0.25) is 11.8 Å². The number of unbranched alkanes of at least 4 members (excludes halogenated alkanes) is 2. The number of Topliss-reactive ketones (excluding diaryl/α,β-unsaturated/α-hetero) is 1. The van der Waals surface area contributed by atoms with E-state index in [0.717, 1.165) is 86.4 Å². The monoisotopic (exact) mass is 589 g/mol. The second-order valence-electron chi connectivity index (χ2n) is 11.6. The molecule has 0 saturated carbocycles. The minimum Gasteiger partial charge on any atom is -0.497 e. The van der Waals surface area contributed by atoms with Crippen LogP contribution < -0.4 is 15.4 Å². The van der Waals surface area contributed by atoms with Gasteiger partial charge in [-0.05, 0) is 56.0 Å². The Morgan fingerprint density at radius 3 is 2.44 bits per heavy atom. The molecule has 232 valence electrons. The zero-order valence-electron chi connectivity index (χ0n) is 25.9. The summed E-state index contributed by atoms with van der Waals surface area (Å²) in [5.41, 5.74) is 4.10. The van der Waals surface area contributed by atoms with Crippen LogP contribution in [0, 0.1) is 6.92 Å². The van der Waals surface area contributed by atoms with E-state index in [1.165, 1.54) is 5.56 Å². The third-order valence-electron chi connectivity index (χ3n) is 8.28. The summed E-state index contributed by atoms with van der Waals surface area (Å²) >= 11 is 0. The van der Waals surface area contributed by atoms with Crippen molar-refractivity contribution < 1.29 is 19.1 Å². The Morgan fingerprint density at radius 1 is 0.977 bits per heavy atom. The van der Waals surface area contributed by atoms with E-state index in [1.807, 2.05) is 31.2 Å². The van der Waals surface area contributed by atoms with Gasteiger partial charge in [-0.1, -0.05) is 43.2 Å². The molecule has 1 aromatic heterocycles. The molecule has 1 saturated heterocycles. The number of methoxy groups -OCH3 is 1. The number of rotatable bonds is 16. The van der Waals surface area contributed by atoms with E-state index < -0.39 is 6.04 Å². The Labute approximate surface area is 255 Å². The van der Waals surface area contributed by atoms with Crippen LogP contribution in [0.1, 0.15) is 55.8 Å². The molecular weight excluding hydrogens is 542 g/mol. The molecule has 2 heterocycles. The lowest BCUT2D eigenvalue weighted by Gasteiger charge is -2.34. The minimum atomic E-state index is -0.618. The average Bonchev–Trinajstić information content (AvgIpc) is 3.31. The minimum absolute atomic E-state index is 0.153. The van der Waals surface area contributed by atoms with Gasteiger partial charge in [0, 0.05) is 68.8 Å². The normalized spacial score (nSPS) is 14.9. The first-order valence-corrected chi connectivity index (χ1v) is 15.5. The summed E-state index contributed by atoms with van der Waals surface area (Å²) in [6.45, 7) is 9.77. The molecule has 0 aliphatic carbocycles. The molecule has 9 heteroatoms. The van der Waals surface area contributed by atoms with E-state index in [4.69, 9.17) is 4.74 Å². The fourth-order valence-corrected chi connectivity index (χ4v) is 5.76. The number of carbonyl (C=O) groups excluding carboxylic acids is 3. The number of aryl methyl sites for hydroxylation is 1. The van der Waals surface area contributed by atoms with Gasteiger partial charge in [0.1, 0.15) is 17.6 Å². The van der Waals surface area contributed by atoms with Crippen molar-refractivity contribution in [3.8, 4) is 5.75 Å². The molecule has 1 aliphatic rings. The number of benzene rings is 2. The highest BCUT2D eigenvalue weighted by Gasteiger charge is 2.23. The second-order valence-corrected chi connectivity index (χ2v) is 11.6. The van der Waals surface area contributed by atoms with E-state index >= 15 is 0 Å². The van der Waals surface area contributed by atoms with Crippen LogP contribution in [0.25, 0.3) is 10.9 Å². The van der Waals surface area contributed by atoms with Crippen molar-refractivity contribution in [1.82, 2.24) is 25.4 Å². The number of ether oxygens (including phenoxy) is 1. The Morgan fingerprint density at radius 2 is 1.72 bits per heavy atom. The number of ketones is 1.